The molecule has 0 saturated carbocycles. The normalized spacial score (nSPS) is 28.4. The van der Waals surface area contributed by atoms with Crippen LogP contribution in [0.1, 0.15) is 25.0 Å². The summed E-state index contributed by atoms with van der Waals surface area (Å²) in [5.74, 6) is -0.304. The average molecular weight is 354 g/mol. The fraction of sp³-hybridized carbons (Fsp3) is 0.667. The third kappa shape index (κ3) is 2.86. The maximum atomic E-state index is 12.1. The molecule has 2 aliphatic heterocycles. The quantitative estimate of drug-likeness (QED) is 0.842. The van der Waals surface area contributed by atoms with Gasteiger partial charge in [0.25, 0.3) is 0 Å². The number of anilines is 1. The van der Waals surface area contributed by atoms with E-state index in [0.717, 1.165) is 11.9 Å². The van der Waals surface area contributed by atoms with Gasteiger partial charge in [-0.2, -0.15) is 9.40 Å². The highest BCUT2D eigenvalue weighted by Gasteiger charge is 2.55. The van der Waals surface area contributed by atoms with Crippen LogP contribution < -0.4 is 4.90 Å². The molecule has 24 heavy (non-hydrogen) atoms. The minimum Gasteiger partial charge on any atom is -0.481 e. The van der Waals surface area contributed by atoms with Gasteiger partial charge in [-0.1, -0.05) is 0 Å². The van der Waals surface area contributed by atoms with Gasteiger partial charge in [0.05, 0.1) is 11.9 Å². The first-order valence-corrected chi connectivity index (χ1v) is 9.84. The van der Waals surface area contributed by atoms with Gasteiger partial charge in [-0.25, -0.2) is 8.42 Å². The Bertz CT molecular complexity index is 736. The number of aryl methyl sites for hydroxylation is 1. The lowest BCUT2D eigenvalue weighted by atomic mass is 9.70. The third-order valence-electron chi connectivity index (χ3n) is 5.09. The van der Waals surface area contributed by atoms with Crippen LogP contribution in [0.25, 0.3) is 0 Å². The van der Waals surface area contributed by atoms with Crippen LogP contribution in [0.3, 0.4) is 0 Å². The fourth-order valence-corrected chi connectivity index (χ4v) is 5.15. The lowest BCUT2D eigenvalue weighted by molar-refractivity contribution is -0.155. The van der Waals surface area contributed by atoms with E-state index in [1.165, 1.54) is 4.31 Å². The Balaban J connectivity index is 1.95. The molecule has 0 aromatic carbocycles. The van der Waals surface area contributed by atoms with E-state index >= 15 is 0 Å². The molecular weight excluding hydrogens is 332 g/mol. The molecule has 0 bridgehead atoms. The van der Waals surface area contributed by atoms with Gasteiger partial charge in [-0.05, 0) is 38.3 Å². The molecule has 2 fully saturated rings. The lowest BCUT2D eigenvalue weighted by Crippen LogP contribution is -2.65. The summed E-state index contributed by atoms with van der Waals surface area (Å²) in [4.78, 5) is 14.0. The van der Waals surface area contributed by atoms with Gasteiger partial charge >= 0.3 is 5.97 Å². The van der Waals surface area contributed by atoms with E-state index < -0.39 is 27.4 Å². The second-order valence-corrected chi connectivity index (χ2v) is 8.63. The number of carboxylic acid groups (broad SMARTS) is 1. The Morgan fingerprint density at radius 1 is 1.33 bits per heavy atom. The van der Waals surface area contributed by atoms with Gasteiger partial charge in [0.2, 0.25) is 10.0 Å². The molecule has 9 heteroatoms. The van der Waals surface area contributed by atoms with Crippen molar-refractivity contribution < 1.29 is 18.3 Å². The molecule has 2 atom stereocenters. The zero-order chi connectivity index (χ0) is 17.5. The van der Waals surface area contributed by atoms with E-state index in [0.29, 0.717) is 38.2 Å². The molecule has 8 nitrogen and oxygen atoms in total. The number of carbonyl (C=O) groups is 1. The van der Waals surface area contributed by atoms with Crippen molar-refractivity contribution in [3.05, 3.63) is 17.8 Å². The van der Waals surface area contributed by atoms with Crippen molar-refractivity contribution in [1.29, 1.82) is 0 Å². The minimum atomic E-state index is -3.43. The Labute approximate surface area is 141 Å². The maximum absolute atomic E-state index is 12.1. The number of aliphatic carboxylic acids is 1. The van der Waals surface area contributed by atoms with Crippen LogP contribution in [0.15, 0.2) is 12.1 Å². The molecule has 0 amide bonds. The zero-order valence-corrected chi connectivity index (χ0v) is 14.7. The summed E-state index contributed by atoms with van der Waals surface area (Å²) in [5.41, 5.74) is -0.311. The van der Waals surface area contributed by atoms with Crippen LogP contribution in [0, 0.1) is 12.3 Å². The molecule has 0 aliphatic carbocycles. The average Bonchev–Trinajstić information content (AvgIpc) is 2.53. The maximum Gasteiger partial charge on any atom is 0.313 e. The van der Waals surface area contributed by atoms with E-state index in [-0.39, 0.29) is 6.54 Å². The van der Waals surface area contributed by atoms with Gasteiger partial charge < -0.3 is 10.0 Å². The number of hydrogen-bond acceptors (Lipinski definition) is 6. The summed E-state index contributed by atoms with van der Waals surface area (Å²) in [5, 5.41) is 18.1. The van der Waals surface area contributed by atoms with Crippen molar-refractivity contribution in [1.82, 2.24) is 14.5 Å². The van der Waals surface area contributed by atoms with Gasteiger partial charge in [0.1, 0.15) is 5.41 Å². The standard InChI is InChI=1S/C15H22N4O4S/c1-11-4-5-13(17-16-11)18-9-6-12-15(10-18,14(20)21)7-3-8-19(12)24(2,22)23/h4-5,12H,3,6-10H2,1-2H3,(H,20,21)/t12-,15+/m0/s1. The summed E-state index contributed by atoms with van der Waals surface area (Å²) in [6.45, 7) is 3.04. The monoisotopic (exact) mass is 354 g/mol. The molecule has 0 unspecified atom stereocenters. The van der Waals surface area contributed by atoms with Gasteiger partial charge in [-0.3, -0.25) is 4.79 Å². The number of rotatable bonds is 3. The lowest BCUT2D eigenvalue weighted by Gasteiger charge is -2.52. The number of fused-ring (bicyclic) bond motifs is 1. The summed E-state index contributed by atoms with van der Waals surface area (Å²) >= 11 is 0. The summed E-state index contributed by atoms with van der Waals surface area (Å²) < 4.78 is 25.6. The highest BCUT2D eigenvalue weighted by Crippen LogP contribution is 2.43. The number of piperidine rings is 2. The summed E-state index contributed by atoms with van der Waals surface area (Å²) in [7, 11) is -3.43. The van der Waals surface area contributed by atoms with E-state index in [2.05, 4.69) is 10.2 Å². The minimum absolute atomic E-state index is 0.247. The number of carboxylic acids is 1. The fourth-order valence-electron chi connectivity index (χ4n) is 3.92. The molecule has 3 rings (SSSR count). The Morgan fingerprint density at radius 2 is 2.08 bits per heavy atom. The SMILES string of the molecule is Cc1ccc(N2CC[C@@H]3N(S(C)(=O)=O)CCC[C@@]3(C(=O)O)C2)nn1. The molecule has 0 radical (unpaired) electrons. The van der Waals surface area contributed by atoms with Crippen LogP contribution >= 0.6 is 0 Å². The van der Waals surface area contributed by atoms with E-state index in [1.807, 2.05) is 24.0 Å². The second kappa shape index (κ2) is 5.96. The number of nitrogens with zero attached hydrogens (tertiary/aromatic N) is 4. The predicted molar refractivity (Wildman–Crippen MR) is 88.2 cm³/mol. The number of aromatic nitrogens is 2. The highest BCUT2D eigenvalue weighted by molar-refractivity contribution is 7.88. The molecule has 2 saturated heterocycles. The van der Waals surface area contributed by atoms with Gasteiger partial charge in [0, 0.05) is 25.7 Å². The third-order valence-corrected chi connectivity index (χ3v) is 6.38. The van der Waals surface area contributed by atoms with E-state index in [1.54, 1.807) is 0 Å². The smallest absolute Gasteiger partial charge is 0.313 e. The number of sulfonamides is 1. The van der Waals surface area contributed by atoms with Gasteiger partial charge in [-0.15, -0.1) is 5.10 Å². The van der Waals surface area contributed by atoms with E-state index in [9.17, 15) is 18.3 Å². The van der Waals surface area contributed by atoms with Crippen LogP contribution in [0.4, 0.5) is 5.82 Å². The van der Waals surface area contributed by atoms with Crippen molar-refractivity contribution in [2.45, 2.75) is 32.2 Å². The van der Waals surface area contributed by atoms with E-state index in [4.69, 9.17) is 0 Å². The molecule has 1 N–H and O–H groups in total. The van der Waals surface area contributed by atoms with Crippen molar-refractivity contribution in [2.75, 3.05) is 30.8 Å². The first kappa shape index (κ1) is 17.1. The summed E-state index contributed by atoms with van der Waals surface area (Å²) in [6.07, 6.45) is 2.63. The van der Waals surface area contributed by atoms with Crippen molar-refractivity contribution in [2.24, 2.45) is 5.41 Å². The first-order valence-electron chi connectivity index (χ1n) is 7.99. The molecule has 1 aromatic rings. The molecule has 2 aliphatic rings. The Kier molecular flexibility index (Phi) is 4.25. The Morgan fingerprint density at radius 3 is 2.67 bits per heavy atom. The first-order chi connectivity index (χ1) is 11.2. The van der Waals surface area contributed by atoms with Crippen molar-refractivity contribution in [3.63, 3.8) is 0 Å². The topological polar surface area (TPSA) is 104 Å². The Hall–Kier alpha value is -1.74. The van der Waals surface area contributed by atoms with Crippen molar-refractivity contribution in [3.8, 4) is 0 Å². The van der Waals surface area contributed by atoms with Crippen LogP contribution in [-0.2, 0) is 14.8 Å². The molecule has 0 spiro atoms. The number of hydrogen-bond donors (Lipinski definition) is 1. The molecule has 3 heterocycles. The van der Waals surface area contributed by atoms with Crippen LogP contribution in [0.5, 0.6) is 0 Å². The van der Waals surface area contributed by atoms with Crippen LogP contribution in [0.2, 0.25) is 0 Å². The summed E-state index contributed by atoms with van der Waals surface area (Å²) in [6, 6.07) is 3.16. The second-order valence-electron chi connectivity index (χ2n) is 6.70. The molecular formula is C15H22N4O4S. The largest absolute Gasteiger partial charge is 0.481 e. The molecule has 1 aromatic heterocycles. The highest BCUT2D eigenvalue weighted by atomic mass is 32.2. The zero-order valence-electron chi connectivity index (χ0n) is 13.8. The van der Waals surface area contributed by atoms with Crippen LogP contribution in [-0.4, -0.2) is 65.9 Å². The molecule has 132 valence electrons. The van der Waals surface area contributed by atoms with Crippen molar-refractivity contribution >= 4 is 21.8 Å². The van der Waals surface area contributed by atoms with Gasteiger partial charge in [0.15, 0.2) is 5.82 Å². The predicted octanol–water partition coefficient (Wildman–Crippen LogP) is 0.490.